The molecule has 4 heterocycles. The lowest BCUT2D eigenvalue weighted by molar-refractivity contribution is 0.116. The van der Waals surface area contributed by atoms with E-state index in [1.54, 1.807) is 11.3 Å². The van der Waals surface area contributed by atoms with E-state index in [2.05, 4.69) is 58.1 Å². The second-order valence-corrected chi connectivity index (χ2v) is 10.5. The number of para-hydroxylation sites is 2. The Kier molecular flexibility index (Phi) is 3.94. The molecular weight excluding hydrogens is 382 g/mol. The average molecular weight is 416 g/mol. The third-order valence-corrected chi connectivity index (χ3v) is 8.95. The van der Waals surface area contributed by atoms with Crippen LogP contribution in [0.1, 0.15) is 48.3 Å². The lowest BCUT2D eigenvalue weighted by Gasteiger charge is -2.44. The van der Waals surface area contributed by atoms with E-state index in [1.807, 2.05) is 0 Å². The molecule has 1 saturated carbocycles. The summed E-state index contributed by atoms with van der Waals surface area (Å²) in [5.74, 6) is 1.88. The monoisotopic (exact) mass is 415 g/mol. The van der Waals surface area contributed by atoms with Gasteiger partial charge in [0.1, 0.15) is 5.75 Å². The van der Waals surface area contributed by atoms with Gasteiger partial charge in [0.2, 0.25) is 0 Å². The lowest BCUT2D eigenvalue weighted by Crippen LogP contribution is -2.52. The van der Waals surface area contributed by atoms with E-state index < -0.39 is 0 Å². The van der Waals surface area contributed by atoms with E-state index in [0.29, 0.717) is 17.5 Å². The fourth-order valence-corrected chi connectivity index (χ4v) is 7.06. The Labute approximate surface area is 185 Å². The lowest BCUT2D eigenvalue weighted by atomic mass is 9.87. The van der Waals surface area contributed by atoms with E-state index in [-0.39, 0.29) is 0 Å². The van der Waals surface area contributed by atoms with E-state index in [1.165, 1.54) is 67.9 Å². The van der Waals surface area contributed by atoms with E-state index in [9.17, 15) is 0 Å². The molecule has 4 nitrogen and oxygen atoms in total. The highest BCUT2D eigenvalue weighted by molar-refractivity contribution is 5.80. The van der Waals surface area contributed by atoms with Crippen molar-refractivity contribution in [1.82, 2.24) is 4.90 Å². The summed E-state index contributed by atoms with van der Waals surface area (Å²) in [6, 6.07) is 14.5. The van der Waals surface area contributed by atoms with Crippen LogP contribution in [-0.2, 0) is 12.8 Å². The van der Waals surface area contributed by atoms with Gasteiger partial charge in [-0.2, -0.15) is 0 Å². The van der Waals surface area contributed by atoms with Gasteiger partial charge in [-0.1, -0.05) is 30.3 Å². The van der Waals surface area contributed by atoms with Crippen molar-refractivity contribution in [3.63, 3.8) is 0 Å². The molecule has 1 aliphatic carbocycles. The Balaban J connectivity index is 1.12. The Bertz CT molecular complexity index is 1030. The maximum absolute atomic E-state index is 5.98. The maximum Gasteiger partial charge on any atom is 0.125 e. The van der Waals surface area contributed by atoms with Crippen LogP contribution >= 0.6 is 0 Å². The van der Waals surface area contributed by atoms with Crippen LogP contribution in [-0.4, -0.2) is 56.3 Å². The molecule has 0 N–H and O–H groups in total. The van der Waals surface area contributed by atoms with E-state index in [0.717, 1.165) is 26.0 Å². The number of benzene rings is 2. The predicted molar refractivity (Wildman–Crippen MR) is 126 cm³/mol. The van der Waals surface area contributed by atoms with Crippen molar-refractivity contribution in [2.75, 3.05) is 49.6 Å². The standard InChI is InChI=1S/C27H33N3O/c1-28-15-16-30-23-9-14-29(18-22(23)21-6-3-7-24(28)25(21)30)27(12-13-27)11-8-19-4-2-5-20-10-17-31-26(19)20/h2-7,22-23H,8-18H2,1H3/t22-,23-/m0/s1. The summed E-state index contributed by atoms with van der Waals surface area (Å²) in [6.07, 6.45) is 7.58. The Morgan fingerprint density at radius 1 is 1.06 bits per heavy atom. The Morgan fingerprint density at radius 3 is 2.87 bits per heavy atom. The quantitative estimate of drug-likeness (QED) is 0.744. The van der Waals surface area contributed by atoms with Gasteiger partial charge in [-0.05, 0) is 54.9 Å². The van der Waals surface area contributed by atoms with Gasteiger partial charge in [-0.3, -0.25) is 4.90 Å². The van der Waals surface area contributed by atoms with Crippen LogP contribution in [0.25, 0.3) is 0 Å². The smallest absolute Gasteiger partial charge is 0.125 e. The molecule has 2 aromatic carbocycles. The molecule has 0 unspecified atom stereocenters. The first kappa shape index (κ1) is 18.4. The number of hydrogen-bond donors (Lipinski definition) is 0. The first-order valence-corrected chi connectivity index (χ1v) is 12.3. The number of anilines is 2. The zero-order valence-corrected chi connectivity index (χ0v) is 18.6. The van der Waals surface area contributed by atoms with Crippen LogP contribution < -0.4 is 14.5 Å². The fraction of sp³-hybridized carbons (Fsp3) is 0.556. The third-order valence-electron chi connectivity index (χ3n) is 8.95. The van der Waals surface area contributed by atoms with Crippen LogP contribution in [0.5, 0.6) is 5.75 Å². The summed E-state index contributed by atoms with van der Waals surface area (Å²) in [7, 11) is 2.25. The molecule has 0 bridgehead atoms. The molecule has 7 rings (SSSR count). The predicted octanol–water partition coefficient (Wildman–Crippen LogP) is 4.21. The van der Waals surface area contributed by atoms with Gasteiger partial charge in [-0.15, -0.1) is 0 Å². The van der Waals surface area contributed by atoms with Crippen LogP contribution in [0.2, 0.25) is 0 Å². The summed E-state index contributed by atoms with van der Waals surface area (Å²) < 4.78 is 5.98. The van der Waals surface area contributed by atoms with Crippen molar-refractivity contribution < 1.29 is 4.74 Å². The van der Waals surface area contributed by atoms with Gasteiger partial charge in [-0.25, -0.2) is 0 Å². The minimum absolute atomic E-state index is 0.439. The molecule has 31 heavy (non-hydrogen) atoms. The van der Waals surface area contributed by atoms with Gasteiger partial charge in [0, 0.05) is 57.1 Å². The van der Waals surface area contributed by atoms with Gasteiger partial charge in [0.05, 0.1) is 18.0 Å². The van der Waals surface area contributed by atoms with Crippen LogP contribution in [0.3, 0.4) is 0 Å². The zero-order chi connectivity index (χ0) is 20.6. The normalized spacial score (nSPS) is 27.5. The molecule has 2 atom stereocenters. The van der Waals surface area contributed by atoms with Gasteiger partial charge in [0.15, 0.2) is 0 Å². The number of rotatable bonds is 4. The van der Waals surface area contributed by atoms with Crippen molar-refractivity contribution in [2.24, 2.45) is 0 Å². The average Bonchev–Trinajstić information content (AvgIpc) is 3.31. The number of hydrogen-bond acceptors (Lipinski definition) is 4. The second-order valence-electron chi connectivity index (χ2n) is 10.5. The number of ether oxygens (including phenoxy) is 1. The van der Waals surface area contributed by atoms with Gasteiger partial charge >= 0.3 is 0 Å². The Morgan fingerprint density at radius 2 is 1.97 bits per heavy atom. The summed E-state index contributed by atoms with van der Waals surface area (Å²) in [5, 5.41) is 0. The third kappa shape index (κ3) is 2.70. The van der Waals surface area contributed by atoms with E-state index in [4.69, 9.17) is 4.74 Å². The number of likely N-dealkylation sites (N-methyl/N-ethyl adjacent to an activating group) is 1. The molecule has 4 aliphatic heterocycles. The molecule has 2 aromatic rings. The highest BCUT2D eigenvalue weighted by Crippen LogP contribution is 2.54. The van der Waals surface area contributed by atoms with Crippen molar-refractivity contribution >= 4 is 11.4 Å². The summed E-state index contributed by atoms with van der Waals surface area (Å²) in [4.78, 5) is 8.10. The summed E-state index contributed by atoms with van der Waals surface area (Å²) >= 11 is 0. The first-order chi connectivity index (χ1) is 15.2. The molecule has 1 saturated heterocycles. The molecule has 2 fully saturated rings. The van der Waals surface area contributed by atoms with Crippen LogP contribution in [0, 0.1) is 0 Å². The topological polar surface area (TPSA) is 19.0 Å². The van der Waals surface area contributed by atoms with Crippen LogP contribution in [0.15, 0.2) is 36.4 Å². The SMILES string of the molecule is CN1CCN2c3c(cccc31)[C@@H]1CN(C3(CCc4cccc5c4OCC5)CC3)CC[C@@H]12. The molecule has 0 spiro atoms. The molecule has 0 radical (unpaired) electrons. The highest BCUT2D eigenvalue weighted by Gasteiger charge is 2.52. The minimum Gasteiger partial charge on any atom is -0.493 e. The highest BCUT2D eigenvalue weighted by atomic mass is 16.5. The molecule has 0 aromatic heterocycles. The summed E-state index contributed by atoms with van der Waals surface area (Å²) in [6.45, 7) is 5.70. The minimum atomic E-state index is 0.439. The fourth-order valence-electron chi connectivity index (χ4n) is 7.06. The first-order valence-electron chi connectivity index (χ1n) is 12.3. The van der Waals surface area contributed by atoms with Crippen molar-refractivity contribution in [3.8, 4) is 5.75 Å². The number of fused-ring (bicyclic) bond motifs is 4. The van der Waals surface area contributed by atoms with Gasteiger partial charge < -0.3 is 14.5 Å². The van der Waals surface area contributed by atoms with Gasteiger partial charge in [0.25, 0.3) is 0 Å². The maximum atomic E-state index is 5.98. The van der Waals surface area contributed by atoms with E-state index >= 15 is 0 Å². The van der Waals surface area contributed by atoms with Crippen LogP contribution in [0.4, 0.5) is 11.4 Å². The number of aryl methyl sites for hydroxylation is 1. The van der Waals surface area contributed by atoms with Crippen molar-refractivity contribution in [2.45, 2.75) is 56.0 Å². The second kappa shape index (κ2) is 6.65. The largest absolute Gasteiger partial charge is 0.493 e. The number of likely N-dealkylation sites (tertiary alicyclic amines) is 1. The summed E-state index contributed by atoms with van der Waals surface area (Å²) in [5.41, 5.74) is 7.90. The molecule has 5 aliphatic rings. The molecule has 0 amide bonds. The zero-order valence-electron chi connectivity index (χ0n) is 18.6. The molecular formula is C27H33N3O. The molecule has 4 heteroatoms. The van der Waals surface area contributed by atoms with Crippen molar-refractivity contribution in [3.05, 3.63) is 53.1 Å². The van der Waals surface area contributed by atoms with Crippen molar-refractivity contribution in [1.29, 1.82) is 0 Å². The number of piperidine rings is 1. The number of nitrogens with zero attached hydrogens (tertiary/aromatic N) is 3. The Hall–Kier alpha value is -2.20. The molecule has 162 valence electrons.